The second kappa shape index (κ2) is 10.1. The van der Waals surface area contributed by atoms with E-state index in [0.29, 0.717) is 0 Å². The molecule has 0 aliphatic rings. The Hall–Kier alpha value is -1.66. The highest BCUT2D eigenvalue weighted by Crippen LogP contribution is 2.17. The maximum Gasteiger partial charge on any atom is 0.119 e. The van der Waals surface area contributed by atoms with Crippen LogP contribution >= 0.6 is 0 Å². The van der Waals surface area contributed by atoms with Crippen LogP contribution in [0.25, 0.3) is 0 Å². The standard InChI is InChI=1S/C18H27NO2/c1-4-5-6-7-8-9-18(15(2)14-20)19-16-10-12-17(21-3)13-11-16/h10-13,15,18-20H,4-7,14H2,1-3H3/t15-,18+/m0/s1. The van der Waals surface area contributed by atoms with E-state index in [2.05, 4.69) is 24.1 Å². The number of methoxy groups -OCH3 is 1. The molecule has 2 atom stereocenters. The van der Waals surface area contributed by atoms with Gasteiger partial charge in [-0.15, -0.1) is 5.92 Å². The fourth-order valence-corrected chi connectivity index (χ4v) is 1.94. The van der Waals surface area contributed by atoms with Crippen LogP contribution in [0, 0.1) is 17.8 Å². The Morgan fingerprint density at radius 3 is 2.52 bits per heavy atom. The van der Waals surface area contributed by atoms with Gasteiger partial charge in [0.1, 0.15) is 5.75 Å². The van der Waals surface area contributed by atoms with E-state index in [1.165, 1.54) is 12.8 Å². The van der Waals surface area contributed by atoms with Gasteiger partial charge in [0.15, 0.2) is 0 Å². The van der Waals surface area contributed by atoms with Crippen LogP contribution in [0.1, 0.15) is 39.5 Å². The van der Waals surface area contributed by atoms with E-state index >= 15 is 0 Å². The van der Waals surface area contributed by atoms with E-state index in [-0.39, 0.29) is 18.6 Å². The van der Waals surface area contributed by atoms with E-state index in [0.717, 1.165) is 24.3 Å². The molecule has 0 saturated carbocycles. The maximum atomic E-state index is 9.38. The summed E-state index contributed by atoms with van der Waals surface area (Å²) >= 11 is 0. The molecule has 2 N–H and O–H groups in total. The Labute approximate surface area is 128 Å². The molecule has 0 heterocycles. The second-order valence-corrected chi connectivity index (χ2v) is 5.29. The van der Waals surface area contributed by atoms with Crippen molar-refractivity contribution in [3.63, 3.8) is 0 Å². The first-order valence-electron chi connectivity index (χ1n) is 7.71. The lowest BCUT2D eigenvalue weighted by Gasteiger charge is -2.20. The Balaban J connectivity index is 2.64. The monoisotopic (exact) mass is 289 g/mol. The Morgan fingerprint density at radius 2 is 1.95 bits per heavy atom. The molecule has 1 aromatic carbocycles. The zero-order valence-corrected chi connectivity index (χ0v) is 13.4. The molecule has 0 spiro atoms. The first kappa shape index (κ1) is 17.4. The number of benzene rings is 1. The van der Waals surface area contributed by atoms with E-state index < -0.39 is 0 Å². The molecule has 116 valence electrons. The minimum Gasteiger partial charge on any atom is -0.497 e. The van der Waals surface area contributed by atoms with Crippen LogP contribution in [0.4, 0.5) is 5.69 Å². The predicted molar refractivity (Wildman–Crippen MR) is 88.6 cm³/mol. The maximum absolute atomic E-state index is 9.38. The van der Waals surface area contributed by atoms with E-state index in [1.807, 2.05) is 31.2 Å². The van der Waals surface area contributed by atoms with Crippen LogP contribution < -0.4 is 10.1 Å². The van der Waals surface area contributed by atoms with Gasteiger partial charge < -0.3 is 15.2 Å². The molecule has 1 rings (SSSR count). The summed E-state index contributed by atoms with van der Waals surface area (Å²) in [4.78, 5) is 0. The number of nitrogens with one attached hydrogen (secondary N) is 1. The highest BCUT2D eigenvalue weighted by atomic mass is 16.5. The average Bonchev–Trinajstić information content (AvgIpc) is 2.53. The molecule has 0 saturated heterocycles. The fourth-order valence-electron chi connectivity index (χ4n) is 1.94. The summed E-state index contributed by atoms with van der Waals surface area (Å²) in [6.07, 6.45) is 4.50. The van der Waals surface area contributed by atoms with Crippen LogP contribution in [0.5, 0.6) is 5.75 Å². The Morgan fingerprint density at radius 1 is 1.24 bits per heavy atom. The van der Waals surface area contributed by atoms with Crippen molar-refractivity contribution in [1.29, 1.82) is 0 Å². The van der Waals surface area contributed by atoms with Crippen molar-refractivity contribution >= 4 is 5.69 Å². The van der Waals surface area contributed by atoms with Crippen LogP contribution in [-0.2, 0) is 0 Å². The third-order valence-electron chi connectivity index (χ3n) is 3.43. The number of aliphatic hydroxyl groups is 1. The summed E-state index contributed by atoms with van der Waals surface area (Å²) in [7, 11) is 1.65. The summed E-state index contributed by atoms with van der Waals surface area (Å²) in [5, 5.41) is 12.8. The minimum absolute atomic E-state index is 0.0370. The first-order chi connectivity index (χ1) is 10.2. The molecule has 0 fully saturated rings. The van der Waals surface area contributed by atoms with Crippen molar-refractivity contribution in [2.75, 3.05) is 19.0 Å². The summed E-state index contributed by atoms with van der Waals surface area (Å²) in [6.45, 7) is 4.31. The molecular formula is C18H27NO2. The van der Waals surface area contributed by atoms with Crippen molar-refractivity contribution in [3.8, 4) is 17.6 Å². The molecule has 21 heavy (non-hydrogen) atoms. The normalized spacial score (nSPS) is 13.0. The van der Waals surface area contributed by atoms with Gasteiger partial charge in [0.25, 0.3) is 0 Å². The largest absolute Gasteiger partial charge is 0.497 e. The molecule has 1 aromatic rings. The van der Waals surface area contributed by atoms with Crippen molar-refractivity contribution in [1.82, 2.24) is 0 Å². The highest BCUT2D eigenvalue weighted by molar-refractivity contribution is 5.48. The van der Waals surface area contributed by atoms with E-state index in [9.17, 15) is 5.11 Å². The summed E-state index contributed by atoms with van der Waals surface area (Å²) in [5.41, 5.74) is 0.990. The van der Waals surface area contributed by atoms with Gasteiger partial charge in [0, 0.05) is 24.6 Å². The molecule has 0 aliphatic carbocycles. The average molecular weight is 289 g/mol. The molecule has 0 aromatic heterocycles. The molecule has 0 radical (unpaired) electrons. The van der Waals surface area contributed by atoms with Crippen LogP contribution in [-0.4, -0.2) is 24.9 Å². The molecule has 0 aliphatic heterocycles. The van der Waals surface area contributed by atoms with Gasteiger partial charge in [0.05, 0.1) is 13.2 Å². The smallest absolute Gasteiger partial charge is 0.119 e. The van der Waals surface area contributed by atoms with Crippen molar-refractivity contribution in [2.24, 2.45) is 5.92 Å². The van der Waals surface area contributed by atoms with Crippen molar-refractivity contribution in [2.45, 2.75) is 45.6 Å². The van der Waals surface area contributed by atoms with Crippen LogP contribution in [0.2, 0.25) is 0 Å². The number of hydrogen-bond donors (Lipinski definition) is 2. The lowest BCUT2D eigenvalue weighted by atomic mass is 10.0. The Bertz CT molecular complexity index is 445. The number of rotatable bonds is 8. The van der Waals surface area contributed by atoms with Crippen molar-refractivity contribution in [3.05, 3.63) is 24.3 Å². The quantitative estimate of drug-likeness (QED) is 0.566. The predicted octanol–water partition coefficient (Wildman–Crippen LogP) is 3.69. The molecule has 3 heteroatoms. The molecule has 0 unspecified atom stereocenters. The number of hydrogen-bond acceptors (Lipinski definition) is 3. The Kier molecular flexibility index (Phi) is 8.38. The molecule has 0 amide bonds. The van der Waals surface area contributed by atoms with Gasteiger partial charge in [-0.1, -0.05) is 32.6 Å². The van der Waals surface area contributed by atoms with Crippen LogP contribution in [0.15, 0.2) is 24.3 Å². The highest BCUT2D eigenvalue weighted by Gasteiger charge is 2.13. The molecule has 0 bridgehead atoms. The first-order valence-corrected chi connectivity index (χ1v) is 7.71. The lowest BCUT2D eigenvalue weighted by molar-refractivity contribution is 0.233. The van der Waals surface area contributed by atoms with Gasteiger partial charge in [0.2, 0.25) is 0 Å². The topological polar surface area (TPSA) is 41.5 Å². The van der Waals surface area contributed by atoms with Gasteiger partial charge >= 0.3 is 0 Å². The zero-order valence-electron chi connectivity index (χ0n) is 13.4. The van der Waals surface area contributed by atoms with Gasteiger partial charge in [-0.2, -0.15) is 0 Å². The summed E-state index contributed by atoms with van der Waals surface area (Å²) < 4.78 is 5.15. The van der Waals surface area contributed by atoms with Crippen LogP contribution in [0.3, 0.4) is 0 Å². The number of unbranched alkanes of at least 4 members (excludes halogenated alkanes) is 3. The van der Waals surface area contributed by atoms with Gasteiger partial charge in [-0.25, -0.2) is 0 Å². The summed E-state index contributed by atoms with van der Waals surface area (Å²) in [5.74, 6) is 7.40. The molecular weight excluding hydrogens is 262 g/mol. The summed E-state index contributed by atoms with van der Waals surface area (Å²) in [6, 6.07) is 7.73. The number of anilines is 1. The van der Waals surface area contributed by atoms with Crippen molar-refractivity contribution < 1.29 is 9.84 Å². The number of ether oxygens (including phenoxy) is 1. The number of aliphatic hydroxyl groups excluding tert-OH is 1. The van der Waals surface area contributed by atoms with E-state index in [4.69, 9.17) is 4.74 Å². The minimum atomic E-state index is -0.0370. The van der Waals surface area contributed by atoms with Gasteiger partial charge in [-0.05, 0) is 30.7 Å². The third-order valence-corrected chi connectivity index (χ3v) is 3.43. The zero-order chi connectivity index (χ0) is 15.5. The van der Waals surface area contributed by atoms with Gasteiger partial charge in [-0.3, -0.25) is 0 Å². The fraction of sp³-hybridized carbons (Fsp3) is 0.556. The second-order valence-electron chi connectivity index (χ2n) is 5.29. The third kappa shape index (κ3) is 6.55. The SMILES string of the molecule is CCCCCC#C[C@@H](Nc1ccc(OC)cc1)[C@@H](C)CO. The molecule has 3 nitrogen and oxygen atoms in total. The van der Waals surface area contributed by atoms with E-state index in [1.54, 1.807) is 7.11 Å². The lowest BCUT2D eigenvalue weighted by Crippen LogP contribution is -2.28.